The number of thiophene rings is 1. The number of benzene rings is 1. The van der Waals surface area contributed by atoms with Crippen LogP contribution in [0.4, 0.5) is 5.82 Å². The van der Waals surface area contributed by atoms with Crippen LogP contribution < -0.4 is 4.90 Å². The summed E-state index contributed by atoms with van der Waals surface area (Å²) in [6.45, 7) is 12.8. The molecule has 0 atom stereocenters. The summed E-state index contributed by atoms with van der Waals surface area (Å²) in [7, 11) is 0. The third kappa shape index (κ3) is 4.43. The second-order valence-electron chi connectivity index (χ2n) is 9.35. The van der Waals surface area contributed by atoms with Crippen LogP contribution in [0.25, 0.3) is 10.2 Å². The molecule has 0 saturated carbocycles. The molecule has 2 aliphatic heterocycles. The highest BCUT2D eigenvalue weighted by molar-refractivity contribution is 7.19. The zero-order valence-corrected chi connectivity index (χ0v) is 21.5. The summed E-state index contributed by atoms with van der Waals surface area (Å²) in [5, 5.41) is 1.27. The first kappa shape index (κ1) is 23.2. The molecule has 0 radical (unpaired) electrons. The summed E-state index contributed by atoms with van der Waals surface area (Å²) in [5.74, 6) is 2.18. The van der Waals surface area contributed by atoms with Crippen LogP contribution in [0.3, 0.4) is 0 Å². The monoisotopic (exact) mass is 477 g/mol. The van der Waals surface area contributed by atoms with Gasteiger partial charge in [0.1, 0.15) is 16.5 Å². The van der Waals surface area contributed by atoms with E-state index < -0.39 is 0 Å². The van der Waals surface area contributed by atoms with E-state index in [4.69, 9.17) is 9.97 Å². The average molecular weight is 478 g/mol. The van der Waals surface area contributed by atoms with Gasteiger partial charge in [0.15, 0.2) is 0 Å². The van der Waals surface area contributed by atoms with Crippen LogP contribution in [0.15, 0.2) is 24.3 Å². The Bertz CT molecular complexity index is 1160. The molecule has 0 aliphatic carbocycles. The Balaban J connectivity index is 1.39. The third-order valence-electron chi connectivity index (χ3n) is 7.20. The minimum Gasteiger partial charge on any atom is -0.352 e. The van der Waals surface area contributed by atoms with Crippen molar-refractivity contribution >= 4 is 33.3 Å². The summed E-state index contributed by atoms with van der Waals surface area (Å²) in [6.07, 6.45) is 4.00. The van der Waals surface area contributed by atoms with Gasteiger partial charge in [0, 0.05) is 56.1 Å². The number of carbonyl (C=O) groups excluding carboxylic acids is 1. The number of rotatable bonds is 6. The van der Waals surface area contributed by atoms with Crippen LogP contribution in [0.2, 0.25) is 0 Å². The maximum absolute atomic E-state index is 13.1. The van der Waals surface area contributed by atoms with E-state index in [0.29, 0.717) is 0 Å². The van der Waals surface area contributed by atoms with E-state index in [1.807, 2.05) is 28.4 Å². The van der Waals surface area contributed by atoms with E-state index in [-0.39, 0.29) is 5.91 Å². The van der Waals surface area contributed by atoms with Crippen molar-refractivity contribution in [3.63, 3.8) is 0 Å². The number of nitrogens with zero attached hydrogens (tertiary/aromatic N) is 5. The van der Waals surface area contributed by atoms with Gasteiger partial charge in [-0.3, -0.25) is 9.69 Å². The van der Waals surface area contributed by atoms with Gasteiger partial charge in [-0.2, -0.15) is 0 Å². The topological polar surface area (TPSA) is 52.6 Å². The molecule has 1 fully saturated rings. The number of likely N-dealkylation sites (N-methyl/N-ethyl adjacent to an activating group) is 1. The Morgan fingerprint density at radius 2 is 1.76 bits per heavy atom. The molecule has 180 valence electrons. The molecule has 2 aliphatic rings. The first-order valence-electron chi connectivity index (χ1n) is 12.8. The van der Waals surface area contributed by atoms with Crippen molar-refractivity contribution in [3.05, 3.63) is 51.7 Å². The van der Waals surface area contributed by atoms with Crippen molar-refractivity contribution in [3.8, 4) is 0 Å². The first-order chi connectivity index (χ1) is 16.6. The number of anilines is 1. The molecule has 0 spiro atoms. The molecule has 6 nitrogen and oxygen atoms in total. The van der Waals surface area contributed by atoms with Crippen molar-refractivity contribution in [1.29, 1.82) is 0 Å². The van der Waals surface area contributed by atoms with Crippen LogP contribution in [-0.4, -0.2) is 64.9 Å². The number of fused-ring (bicyclic) bond motifs is 3. The van der Waals surface area contributed by atoms with E-state index >= 15 is 0 Å². The van der Waals surface area contributed by atoms with Gasteiger partial charge in [0.05, 0.1) is 5.39 Å². The normalized spacial score (nSPS) is 16.8. The molecule has 0 N–H and O–H groups in total. The van der Waals surface area contributed by atoms with Crippen molar-refractivity contribution < 1.29 is 4.79 Å². The van der Waals surface area contributed by atoms with Crippen LogP contribution in [0.5, 0.6) is 0 Å². The van der Waals surface area contributed by atoms with Gasteiger partial charge in [-0.25, -0.2) is 9.97 Å². The summed E-state index contributed by atoms with van der Waals surface area (Å²) in [4.78, 5) is 32.6. The van der Waals surface area contributed by atoms with Gasteiger partial charge in [0.25, 0.3) is 5.91 Å². The van der Waals surface area contributed by atoms with Crippen LogP contribution in [0.1, 0.15) is 59.4 Å². The maximum atomic E-state index is 13.1. The van der Waals surface area contributed by atoms with E-state index in [2.05, 4.69) is 42.7 Å². The van der Waals surface area contributed by atoms with Crippen LogP contribution >= 0.6 is 11.3 Å². The predicted octanol–water partition coefficient (Wildman–Crippen LogP) is 4.55. The Labute approximate surface area is 206 Å². The average Bonchev–Trinajstić information content (AvgIpc) is 3.25. The fraction of sp³-hybridized carbons (Fsp3) is 0.519. The second kappa shape index (κ2) is 10.0. The molecular weight excluding hydrogens is 442 g/mol. The fourth-order valence-corrected chi connectivity index (χ4v) is 6.37. The molecule has 5 rings (SSSR count). The van der Waals surface area contributed by atoms with Gasteiger partial charge in [-0.05, 0) is 49.1 Å². The van der Waals surface area contributed by atoms with Gasteiger partial charge in [-0.15, -0.1) is 11.3 Å². The molecule has 0 bridgehead atoms. The molecule has 0 unspecified atom stereocenters. The molecule has 2 aromatic heterocycles. The lowest BCUT2D eigenvalue weighted by molar-refractivity contribution is 0.0746. The number of amides is 1. The summed E-state index contributed by atoms with van der Waals surface area (Å²) in [5.41, 5.74) is 3.50. The predicted molar refractivity (Wildman–Crippen MR) is 140 cm³/mol. The zero-order chi connectivity index (χ0) is 23.7. The van der Waals surface area contributed by atoms with Crippen LogP contribution in [0, 0.1) is 0 Å². The number of hydrogen-bond donors (Lipinski definition) is 0. The Morgan fingerprint density at radius 1 is 1.00 bits per heavy atom. The molecule has 1 aromatic carbocycles. The standard InChI is InChI=1S/C27H35N5OS/c1-4-7-23-28-25(24-21-12-13-30(6-3)18-22(21)34-26(24)29-23)31-14-16-32(17-15-31)27(33)20-10-8-19(5-2)9-11-20/h8-11H,4-7,12-18H2,1-3H3. The number of aromatic nitrogens is 2. The van der Waals surface area contributed by atoms with E-state index in [9.17, 15) is 4.79 Å². The lowest BCUT2D eigenvalue weighted by Gasteiger charge is -2.36. The quantitative estimate of drug-likeness (QED) is 0.522. The Hall–Kier alpha value is -2.51. The largest absolute Gasteiger partial charge is 0.352 e. The van der Waals surface area contributed by atoms with Gasteiger partial charge in [-0.1, -0.05) is 32.9 Å². The van der Waals surface area contributed by atoms with E-state index in [1.54, 1.807) is 0 Å². The Morgan fingerprint density at radius 3 is 2.44 bits per heavy atom. The highest BCUT2D eigenvalue weighted by atomic mass is 32.1. The van der Waals surface area contributed by atoms with Gasteiger partial charge < -0.3 is 9.80 Å². The minimum atomic E-state index is 0.134. The van der Waals surface area contributed by atoms with E-state index in [0.717, 1.165) is 93.5 Å². The lowest BCUT2D eigenvalue weighted by Crippen LogP contribution is -2.49. The van der Waals surface area contributed by atoms with Gasteiger partial charge in [0.2, 0.25) is 0 Å². The van der Waals surface area contributed by atoms with E-state index in [1.165, 1.54) is 21.4 Å². The van der Waals surface area contributed by atoms with Crippen LogP contribution in [-0.2, 0) is 25.8 Å². The summed E-state index contributed by atoms with van der Waals surface area (Å²) < 4.78 is 0. The Kier molecular flexibility index (Phi) is 6.84. The minimum absolute atomic E-state index is 0.134. The maximum Gasteiger partial charge on any atom is 0.253 e. The zero-order valence-electron chi connectivity index (χ0n) is 20.6. The van der Waals surface area contributed by atoms with Crippen molar-refractivity contribution in [2.24, 2.45) is 0 Å². The molecule has 34 heavy (non-hydrogen) atoms. The molecule has 4 heterocycles. The lowest BCUT2D eigenvalue weighted by atomic mass is 10.0. The summed E-state index contributed by atoms with van der Waals surface area (Å²) in [6, 6.07) is 8.07. The number of piperazine rings is 1. The molecule has 1 amide bonds. The summed E-state index contributed by atoms with van der Waals surface area (Å²) >= 11 is 1.86. The molecular formula is C27H35N5OS. The highest BCUT2D eigenvalue weighted by Gasteiger charge is 2.28. The van der Waals surface area contributed by atoms with Crippen molar-refractivity contribution in [2.75, 3.05) is 44.2 Å². The second-order valence-corrected chi connectivity index (χ2v) is 10.4. The molecule has 7 heteroatoms. The number of carbonyl (C=O) groups is 1. The first-order valence-corrected chi connectivity index (χ1v) is 13.6. The smallest absolute Gasteiger partial charge is 0.253 e. The number of aryl methyl sites for hydroxylation is 2. The molecule has 1 saturated heterocycles. The third-order valence-corrected chi connectivity index (χ3v) is 8.31. The molecule has 3 aromatic rings. The van der Waals surface area contributed by atoms with Gasteiger partial charge >= 0.3 is 0 Å². The van der Waals surface area contributed by atoms with Crippen molar-refractivity contribution in [2.45, 2.75) is 53.0 Å². The van der Waals surface area contributed by atoms with Crippen molar-refractivity contribution in [1.82, 2.24) is 19.8 Å². The SMILES string of the molecule is CCCc1nc(N2CCN(C(=O)c3ccc(CC)cc3)CC2)c2c3c(sc2n1)CN(CC)CC3. The number of hydrogen-bond acceptors (Lipinski definition) is 6. The fourth-order valence-electron chi connectivity index (χ4n) is 5.09. The highest BCUT2D eigenvalue weighted by Crippen LogP contribution is 2.39.